The summed E-state index contributed by atoms with van der Waals surface area (Å²) in [6.07, 6.45) is 4.97. The van der Waals surface area contributed by atoms with Gasteiger partial charge in [-0.3, -0.25) is 9.69 Å². The predicted molar refractivity (Wildman–Crippen MR) is 143 cm³/mol. The number of rotatable bonds is 6. The Labute approximate surface area is 220 Å². The fourth-order valence-electron chi connectivity index (χ4n) is 5.77. The van der Waals surface area contributed by atoms with Crippen molar-refractivity contribution in [3.05, 3.63) is 92.8 Å². The Hall–Kier alpha value is -3.69. The van der Waals surface area contributed by atoms with Crippen LogP contribution in [-0.4, -0.2) is 55.9 Å². The van der Waals surface area contributed by atoms with E-state index in [-0.39, 0.29) is 17.5 Å². The van der Waals surface area contributed by atoms with E-state index in [1.807, 2.05) is 25.1 Å². The first kappa shape index (κ1) is 24.6. The topological polar surface area (TPSA) is 88.9 Å². The molecule has 0 amide bonds. The molecule has 0 spiro atoms. The minimum Gasteiger partial charge on any atom is -0.376 e. The number of aryl methyl sites for hydroxylation is 2. The summed E-state index contributed by atoms with van der Waals surface area (Å²) in [4.78, 5) is 19.0. The molecule has 38 heavy (non-hydrogen) atoms. The summed E-state index contributed by atoms with van der Waals surface area (Å²) < 4.78 is 21.1. The van der Waals surface area contributed by atoms with Crippen LogP contribution < -0.4 is 5.56 Å². The molecular formula is C29H31FN6O2. The van der Waals surface area contributed by atoms with Crippen LogP contribution in [0.3, 0.4) is 0 Å². The lowest BCUT2D eigenvalue weighted by Gasteiger charge is -2.33. The number of hydrogen-bond donors (Lipinski definition) is 1. The largest absolute Gasteiger partial charge is 0.376 e. The first-order valence-corrected chi connectivity index (χ1v) is 13.2. The number of aromatic amines is 1. The molecule has 0 unspecified atom stereocenters. The highest BCUT2D eigenvalue weighted by atomic mass is 19.1. The van der Waals surface area contributed by atoms with Crippen LogP contribution >= 0.6 is 0 Å². The third-order valence-corrected chi connectivity index (χ3v) is 7.64. The molecule has 4 heterocycles. The number of pyridine rings is 1. The van der Waals surface area contributed by atoms with Gasteiger partial charge in [-0.15, -0.1) is 5.10 Å². The summed E-state index contributed by atoms with van der Waals surface area (Å²) in [7, 11) is 0. The van der Waals surface area contributed by atoms with E-state index in [1.54, 1.807) is 4.68 Å². The second-order valence-corrected chi connectivity index (χ2v) is 10.3. The van der Waals surface area contributed by atoms with Gasteiger partial charge < -0.3 is 9.72 Å². The quantitative estimate of drug-likeness (QED) is 0.412. The lowest BCUT2D eigenvalue weighted by molar-refractivity contribution is 0.0910. The molecule has 0 radical (unpaired) electrons. The maximum absolute atomic E-state index is 13.6. The van der Waals surface area contributed by atoms with Gasteiger partial charge in [-0.05, 0) is 89.9 Å². The van der Waals surface area contributed by atoms with Gasteiger partial charge in [0, 0.05) is 25.3 Å². The summed E-state index contributed by atoms with van der Waals surface area (Å²) >= 11 is 0. The fourth-order valence-corrected chi connectivity index (χ4v) is 5.77. The molecule has 0 bridgehead atoms. The average molecular weight is 515 g/mol. The number of tetrazole rings is 1. The Morgan fingerprint density at radius 1 is 1.18 bits per heavy atom. The van der Waals surface area contributed by atoms with Crippen LogP contribution in [0, 0.1) is 19.7 Å². The van der Waals surface area contributed by atoms with Gasteiger partial charge in [-0.25, -0.2) is 9.07 Å². The minimum atomic E-state index is -0.439. The Kier molecular flexibility index (Phi) is 6.63. The van der Waals surface area contributed by atoms with Crippen molar-refractivity contribution in [1.82, 2.24) is 30.1 Å². The van der Waals surface area contributed by atoms with Crippen molar-refractivity contribution in [1.29, 1.82) is 0 Å². The zero-order chi connectivity index (χ0) is 26.2. The number of nitrogens with one attached hydrogen (secondary N) is 1. The molecule has 196 valence electrons. The lowest BCUT2D eigenvalue weighted by atomic mass is 9.96. The van der Waals surface area contributed by atoms with E-state index in [0.717, 1.165) is 59.0 Å². The van der Waals surface area contributed by atoms with Crippen LogP contribution in [0.25, 0.3) is 16.5 Å². The molecule has 4 aromatic rings. The van der Waals surface area contributed by atoms with Crippen LogP contribution in [0.4, 0.5) is 4.39 Å². The number of H-pyrrole nitrogens is 1. The number of benzene rings is 2. The number of nitrogens with zero attached hydrogens (tertiary/aromatic N) is 5. The zero-order valence-electron chi connectivity index (χ0n) is 21.7. The SMILES string of the molecule is Cc1cc(C)c2[nH]c(=O)c([C@H](c3nnnn3C[C@@H]3CCCO3)N3CC=C(c4ccc(F)cc4)CC3)cc2c1. The first-order chi connectivity index (χ1) is 18.5. The molecule has 2 aliphatic heterocycles. The maximum atomic E-state index is 13.6. The highest BCUT2D eigenvalue weighted by Crippen LogP contribution is 2.32. The highest BCUT2D eigenvalue weighted by molar-refractivity contribution is 5.83. The lowest BCUT2D eigenvalue weighted by Crippen LogP contribution is -2.38. The summed E-state index contributed by atoms with van der Waals surface area (Å²) in [6.45, 7) is 6.67. The maximum Gasteiger partial charge on any atom is 0.253 e. The van der Waals surface area contributed by atoms with Crippen LogP contribution in [0.2, 0.25) is 0 Å². The van der Waals surface area contributed by atoms with Crippen molar-refractivity contribution < 1.29 is 9.13 Å². The van der Waals surface area contributed by atoms with E-state index in [0.29, 0.717) is 31.0 Å². The van der Waals surface area contributed by atoms with E-state index in [9.17, 15) is 9.18 Å². The molecular weight excluding hydrogens is 483 g/mol. The van der Waals surface area contributed by atoms with E-state index in [2.05, 4.69) is 50.5 Å². The summed E-state index contributed by atoms with van der Waals surface area (Å²) in [5.41, 5.74) is 5.67. The highest BCUT2D eigenvalue weighted by Gasteiger charge is 2.32. The van der Waals surface area contributed by atoms with Crippen molar-refractivity contribution in [3.63, 3.8) is 0 Å². The zero-order valence-corrected chi connectivity index (χ0v) is 21.7. The Balaban J connectivity index is 1.41. The molecule has 0 saturated carbocycles. The molecule has 9 heteroatoms. The Morgan fingerprint density at radius 2 is 2.03 bits per heavy atom. The molecule has 2 atom stereocenters. The van der Waals surface area contributed by atoms with Crippen molar-refractivity contribution >= 4 is 16.5 Å². The van der Waals surface area contributed by atoms with Gasteiger partial charge in [0.15, 0.2) is 5.82 Å². The van der Waals surface area contributed by atoms with E-state index >= 15 is 0 Å². The van der Waals surface area contributed by atoms with Crippen LogP contribution in [0.1, 0.15) is 53.4 Å². The minimum absolute atomic E-state index is 0.0596. The second kappa shape index (κ2) is 10.2. The van der Waals surface area contributed by atoms with Crippen LogP contribution in [-0.2, 0) is 11.3 Å². The van der Waals surface area contributed by atoms with E-state index < -0.39 is 6.04 Å². The van der Waals surface area contributed by atoms with E-state index in [1.165, 1.54) is 12.1 Å². The van der Waals surface area contributed by atoms with Gasteiger partial charge in [-0.1, -0.05) is 29.8 Å². The predicted octanol–water partition coefficient (Wildman–Crippen LogP) is 4.33. The van der Waals surface area contributed by atoms with Gasteiger partial charge in [0.2, 0.25) is 0 Å². The molecule has 2 aromatic heterocycles. The van der Waals surface area contributed by atoms with Crippen LogP contribution in [0.5, 0.6) is 0 Å². The molecule has 2 aliphatic rings. The third-order valence-electron chi connectivity index (χ3n) is 7.64. The number of aromatic nitrogens is 5. The molecule has 2 aromatic carbocycles. The number of hydrogen-bond acceptors (Lipinski definition) is 6. The van der Waals surface area contributed by atoms with Crippen LogP contribution in [0.15, 0.2) is 53.3 Å². The fraction of sp³-hybridized carbons (Fsp3) is 0.379. The van der Waals surface area contributed by atoms with Gasteiger partial charge in [0.25, 0.3) is 5.56 Å². The van der Waals surface area contributed by atoms with Crippen molar-refractivity contribution in [2.75, 3.05) is 19.7 Å². The normalized spacial score (nSPS) is 19.1. The first-order valence-electron chi connectivity index (χ1n) is 13.2. The molecule has 1 fully saturated rings. The number of halogens is 1. The van der Waals surface area contributed by atoms with Gasteiger partial charge in [0.05, 0.1) is 18.2 Å². The van der Waals surface area contributed by atoms with Gasteiger partial charge in [0.1, 0.15) is 11.9 Å². The van der Waals surface area contributed by atoms with Crippen molar-refractivity contribution in [3.8, 4) is 0 Å². The Bertz CT molecular complexity index is 1550. The second-order valence-electron chi connectivity index (χ2n) is 10.3. The molecule has 6 rings (SSSR count). The molecule has 1 saturated heterocycles. The average Bonchev–Trinajstić information content (AvgIpc) is 3.59. The summed E-state index contributed by atoms with van der Waals surface area (Å²) in [5.74, 6) is 0.388. The van der Waals surface area contributed by atoms with E-state index in [4.69, 9.17) is 4.74 Å². The number of fused-ring (bicyclic) bond motifs is 1. The smallest absolute Gasteiger partial charge is 0.253 e. The van der Waals surface area contributed by atoms with Gasteiger partial charge >= 0.3 is 0 Å². The summed E-state index contributed by atoms with van der Waals surface area (Å²) in [6, 6.07) is 12.3. The van der Waals surface area contributed by atoms with Crippen molar-refractivity contribution in [2.24, 2.45) is 0 Å². The summed E-state index contributed by atoms with van der Waals surface area (Å²) in [5, 5.41) is 13.7. The van der Waals surface area contributed by atoms with Crippen molar-refractivity contribution in [2.45, 2.75) is 51.8 Å². The molecule has 8 nitrogen and oxygen atoms in total. The Morgan fingerprint density at radius 3 is 2.76 bits per heavy atom. The standard InChI is InChI=1S/C29H31FN6O2/c1-18-14-19(2)26-22(15-18)16-25(29(37)31-26)27(28-32-33-34-36(28)17-24-4-3-13-38-24)35-11-9-21(10-12-35)20-5-7-23(30)8-6-20/h5-9,14-16,24,27H,3-4,10-13,17H2,1-2H3,(H,31,37)/t24-,27+/m0/s1. The molecule has 1 N–H and O–H groups in total. The monoisotopic (exact) mass is 514 g/mol. The molecule has 0 aliphatic carbocycles. The number of ether oxygens (including phenoxy) is 1. The third kappa shape index (κ3) is 4.79. The van der Waals surface area contributed by atoms with Gasteiger partial charge in [-0.2, -0.15) is 0 Å².